The molecule has 0 aliphatic carbocycles. The molecule has 1 fully saturated rings. The maximum Gasteiger partial charge on any atom is 0.218 e. The van der Waals surface area contributed by atoms with Crippen LogP contribution >= 0.6 is 15.9 Å². The second-order valence-electron chi connectivity index (χ2n) is 5.09. The molecule has 3 nitrogen and oxygen atoms in total. The van der Waals surface area contributed by atoms with Crippen LogP contribution in [0.3, 0.4) is 0 Å². The Labute approximate surface area is 124 Å². The third-order valence-corrected chi connectivity index (χ3v) is 5.86. The molecular formula is C14H20BrNO2S. The second-order valence-corrected chi connectivity index (χ2v) is 7.85. The summed E-state index contributed by atoms with van der Waals surface area (Å²) in [7, 11) is -3.17. The predicted octanol–water partition coefficient (Wildman–Crippen LogP) is 3.01. The van der Waals surface area contributed by atoms with E-state index in [9.17, 15) is 8.42 Å². The minimum absolute atomic E-state index is 0.120. The van der Waals surface area contributed by atoms with Crippen molar-refractivity contribution in [3.63, 3.8) is 0 Å². The van der Waals surface area contributed by atoms with Gasteiger partial charge in [-0.15, -0.1) is 0 Å². The minimum atomic E-state index is -3.17. The Morgan fingerprint density at radius 1 is 1.26 bits per heavy atom. The number of alkyl halides is 1. The zero-order valence-electron chi connectivity index (χ0n) is 11.0. The van der Waals surface area contributed by atoms with Crippen molar-refractivity contribution >= 4 is 26.0 Å². The van der Waals surface area contributed by atoms with Crippen LogP contribution in [0.2, 0.25) is 0 Å². The fraction of sp³-hybridized carbons (Fsp3) is 0.571. The van der Waals surface area contributed by atoms with Crippen LogP contribution in [0.25, 0.3) is 0 Å². The van der Waals surface area contributed by atoms with Crippen molar-refractivity contribution in [1.82, 2.24) is 4.31 Å². The van der Waals surface area contributed by atoms with Gasteiger partial charge in [-0.05, 0) is 30.7 Å². The summed E-state index contributed by atoms with van der Waals surface area (Å²) in [6.45, 7) is 1.36. The number of halogens is 1. The molecule has 1 heterocycles. The molecule has 0 amide bonds. The Kier molecular flexibility index (Phi) is 5.42. The van der Waals surface area contributed by atoms with Crippen molar-refractivity contribution < 1.29 is 8.42 Å². The summed E-state index contributed by atoms with van der Waals surface area (Å²) in [4.78, 5) is 0. The van der Waals surface area contributed by atoms with E-state index in [0.717, 1.165) is 30.2 Å². The molecule has 1 unspecified atom stereocenters. The van der Waals surface area contributed by atoms with Gasteiger partial charge >= 0.3 is 0 Å². The van der Waals surface area contributed by atoms with Crippen molar-refractivity contribution in [1.29, 1.82) is 0 Å². The fourth-order valence-electron chi connectivity index (χ4n) is 2.55. The minimum Gasteiger partial charge on any atom is -0.212 e. The van der Waals surface area contributed by atoms with Crippen LogP contribution in [0.4, 0.5) is 0 Å². The largest absolute Gasteiger partial charge is 0.218 e. The summed E-state index contributed by atoms with van der Waals surface area (Å²) in [6, 6.07) is 9.42. The van der Waals surface area contributed by atoms with Gasteiger partial charge < -0.3 is 0 Å². The molecule has 0 aromatic heterocycles. The topological polar surface area (TPSA) is 37.4 Å². The maximum absolute atomic E-state index is 12.4. The standard InChI is InChI=1S/C14H20BrNO2S/c15-9-8-13-7-4-10-16(11-13)19(17,18)12-14-5-2-1-3-6-14/h1-3,5-6,13H,4,7-12H2. The number of benzene rings is 1. The SMILES string of the molecule is O=S(=O)(Cc1ccccc1)N1CCCC(CCBr)C1. The van der Waals surface area contributed by atoms with Crippen LogP contribution in [0, 0.1) is 5.92 Å². The molecule has 0 radical (unpaired) electrons. The summed E-state index contributed by atoms with van der Waals surface area (Å²) < 4.78 is 26.5. The van der Waals surface area contributed by atoms with E-state index >= 15 is 0 Å². The Morgan fingerprint density at radius 2 is 2.00 bits per heavy atom. The zero-order chi connectivity index (χ0) is 13.7. The van der Waals surface area contributed by atoms with E-state index in [1.807, 2.05) is 30.3 Å². The molecule has 1 atom stereocenters. The molecule has 1 aromatic carbocycles. The lowest BCUT2D eigenvalue weighted by atomic mass is 9.97. The van der Waals surface area contributed by atoms with Crippen LogP contribution in [-0.2, 0) is 15.8 Å². The molecule has 0 saturated carbocycles. The average molecular weight is 346 g/mol. The number of hydrogen-bond donors (Lipinski definition) is 0. The van der Waals surface area contributed by atoms with E-state index in [1.54, 1.807) is 4.31 Å². The lowest BCUT2D eigenvalue weighted by molar-refractivity contribution is 0.262. The molecular weight excluding hydrogens is 326 g/mol. The molecule has 1 aliphatic rings. The second kappa shape index (κ2) is 6.86. The van der Waals surface area contributed by atoms with Gasteiger partial charge in [-0.2, -0.15) is 0 Å². The predicted molar refractivity (Wildman–Crippen MR) is 81.8 cm³/mol. The van der Waals surface area contributed by atoms with E-state index in [4.69, 9.17) is 0 Å². The third kappa shape index (κ3) is 4.29. The van der Waals surface area contributed by atoms with Crippen LogP contribution in [0.1, 0.15) is 24.8 Å². The number of rotatable bonds is 5. The zero-order valence-corrected chi connectivity index (χ0v) is 13.4. The molecule has 2 rings (SSSR count). The van der Waals surface area contributed by atoms with Gasteiger partial charge in [0.25, 0.3) is 0 Å². The van der Waals surface area contributed by atoms with E-state index in [-0.39, 0.29) is 5.75 Å². The van der Waals surface area contributed by atoms with Crippen LogP contribution in [-0.4, -0.2) is 31.1 Å². The van der Waals surface area contributed by atoms with Gasteiger partial charge in [0, 0.05) is 18.4 Å². The highest BCUT2D eigenvalue weighted by Gasteiger charge is 2.28. The third-order valence-electron chi connectivity index (χ3n) is 3.58. The van der Waals surface area contributed by atoms with Crippen molar-refractivity contribution in [2.75, 3.05) is 18.4 Å². The Morgan fingerprint density at radius 3 is 2.68 bits per heavy atom. The Balaban J connectivity index is 2.03. The summed E-state index contributed by atoms with van der Waals surface area (Å²) in [5.74, 6) is 0.619. The summed E-state index contributed by atoms with van der Waals surface area (Å²) >= 11 is 3.44. The first kappa shape index (κ1) is 15.0. The van der Waals surface area contributed by atoms with Crippen LogP contribution < -0.4 is 0 Å². The van der Waals surface area contributed by atoms with Crippen molar-refractivity contribution in [2.24, 2.45) is 5.92 Å². The normalized spacial score (nSPS) is 21.4. The van der Waals surface area contributed by atoms with Crippen molar-refractivity contribution in [2.45, 2.75) is 25.0 Å². The van der Waals surface area contributed by atoms with Gasteiger partial charge in [-0.1, -0.05) is 46.3 Å². The number of hydrogen-bond acceptors (Lipinski definition) is 2. The number of piperidine rings is 1. The lowest BCUT2D eigenvalue weighted by Gasteiger charge is -2.31. The first-order valence-electron chi connectivity index (χ1n) is 6.69. The molecule has 0 spiro atoms. The van der Waals surface area contributed by atoms with E-state index in [2.05, 4.69) is 15.9 Å². The first-order valence-corrected chi connectivity index (χ1v) is 9.42. The van der Waals surface area contributed by atoms with E-state index in [1.165, 1.54) is 0 Å². The van der Waals surface area contributed by atoms with Gasteiger partial charge in [0.15, 0.2) is 0 Å². The van der Waals surface area contributed by atoms with Crippen molar-refractivity contribution in [3.8, 4) is 0 Å². The highest BCUT2D eigenvalue weighted by atomic mass is 79.9. The number of sulfonamides is 1. The monoisotopic (exact) mass is 345 g/mol. The first-order chi connectivity index (χ1) is 9.12. The van der Waals surface area contributed by atoms with Gasteiger partial charge in [-0.3, -0.25) is 0 Å². The molecule has 0 bridgehead atoms. The van der Waals surface area contributed by atoms with E-state index < -0.39 is 10.0 Å². The highest BCUT2D eigenvalue weighted by Crippen LogP contribution is 2.24. The van der Waals surface area contributed by atoms with E-state index in [0.29, 0.717) is 19.0 Å². The molecule has 1 saturated heterocycles. The summed E-state index contributed by atoms with van der Waals surface area (Å²) in [5, 5.41) is 0.949. The van der Waals surface area contributed by atoms with Crippen LogP contribution in [0.15, 0.2) is 30.3 Å². The van der Waals surface area contributed by atoms with Gasteiger partial charge in [0.05, 0.1) is 5.75 Å². The summed E-state index contributed by atoms with van der Waals surface area (Å²) in [5.41, 5.74) is 0.866. The Bertz CT molecular complexity index is 487. The van der Waals surface area contributed by atoms with Crippen molar-refractivity contribution in [3.05, 3.63) is 35.9 Å². The average Bonchev–Trinajstić information content (AvgIpc) is 2.40. The Hall–Kier alpha value is -0.390. The molecule has 19 heavy (non-hydrogen) atoms. The van der Waals surface area contributed by atoms with Gasteiger partial charge in [0.2, 0.25) is 10.0 Å². The van der Waals surface area contributed by atoms with Crippen LogP contribution in [0.5, 0.6) is 0 Å². The number of nitrogens with zero attached hydrogens (tertiary/aromatic N) is 1. The quantitative estimate of drug-likeness (QED) is 0.769. The lowest BCUT2D eigenvalue weighted by Crippen LogP contribution is -2.40. The highest BCUT2D eigenvalue weighted by molar-refractivity contribution is 9.09. The molecule has 106 valence electrons. The smallest absolute Gasteiger partial charge is 0.212 e. The maximum atomic E-state index is 12.4. The van der Waals surface area contributed by atoms with Gasteiger partial charge in [-0.25, -0.2) is 12.7 Å². The molecule has 5 heteroatoms. The molecule has 1 aromatic rings. The fourth-order valence-corrected chi connectivity index (χ4v) is 4.83. The summed E-state index contributed by atoms with van der Waals surface area (Å²) in [6.07, 6.45) is 3.17. The molecule has 1 aliphatic heterocycles. The molecule has 0 N–H and O–H groups in total. The van der Waals surface area contributed by atoms with Gasteiger partial charge in [0.1, 0.15) is 0 Å².